The maximum atomic E-state index is 12.6. The first kappa shape index (κ1) is 14.8. The lowest BCUT2D eigenvalue weighted by molar-refractivity contribution is -0.144. The molecule has 2 rings (SSSR count). The predicted molar refractivity (Wildman–Crippen MR) is 66.5 cm³/mol. The van der Waals surface area contributed by atoms with E-state index in [0.717, 1.165) is 0 Å². The molecule has 0 aliphatic carbocycles. The van der Waals surface area contributed by atoms with Crippen molar-refractivity contribution in [1.82, 2.24) is 14.9 Å². The van der Waals surface area contributed by atoms with Crippen LogP contribution in [0.15, 0.2) is 6.07 Å². The summed E-state index contributed by atoms with van der Waals surface area (Å²) in [5.41, 5.74) is 0. The molecule has 1 saturated heterocycles. The Morgan fingerprint density at radius 2 is 1.85 bits per heavy atom. The van der Waals surface area contributed by atoms with Crippen molar-refractivity contribution in [2.24, 2.45) is 0 Å². The summed E-state index contributed by atoms with van der Waals surface area (Å²) in [4.78, 5) is 21.2. The first-order chi connectivity index (χ1) is 9.27. The van der Waals surface area contributed by atoms with Crippen LogP contribution in [0.3, 0.4) is 0 Å². The number of piperazine rings is 1. The molecule has 1 aromatic rings. The molecule has 0 aromatic carbocycles. The lowest BCUT2D eigenvalue weighted by atomic mass is 10.3. The monoisotopic (exact) mass is 308 g/mol. The van der Waals surface area contributed by atoms with E-state index in [4.69, 9.17) is 11.6 Å². The molecule has 0 N–H and O–H groups in total. The lowest BCUT2D eigenvalue weighted by Crippen LogP contribution is -2.48. The van der Waals surface area contributed by atoms with Gasteiger partial charge in [0.2, 0.25) is 11.7 Å². The molecule has 9 heteroatoms. The number of amides is 1. The summed E-state index contributed by atoms with van der Waals surface area (Å²) in [7, 11) is 0. The van der Waals surface area contributed by atoms with Crippen molar-refractivity contribution in [2.75, 3.05) is 31.1 Å². The van der Waals surface area contributed by atoms with Crippen LogP contribution in [0.4, 0.5) is 19.0 Å². The summed E-state index contributed by atoms with van der Waals surface area (Å²) in [5, 5.41) is -0.253. The van der Waals surface area contributed by atoms with Crippen LogP contribution in [0.1, 0.15) is 12.7 Å². The van der Waals surface area contributed by atoms with Crippen LogP contribution < -0.4 is 4.90 Å². The van der Waals surface area contributed by atoms with Gasteiger partial charge in [-0.3, -0.25) is 4.79 Å². The number of anilines is 1. The van der Waals surface area contributed by atoms with Gasteiger partial charge >= 0.3 is 6.18 Å². The van der Waals surface area contributed by atoms with E-state index < -0.39 is 12.0 Å². The minimum Gasteiger partial charge on any atom is -0.353 e. The molecule has 20 heavy (non-hydrogen) atoms. The number of carbonyl (C=O) groups excluding carboxylic acids is 1. The van der Waals surface area contributed by atoms with E-state index in [1.54, 1.807) is 9.80 Å². The van der Waals surface area contributed by atoms with Gasteiger partial charge < -0.3 is 9.80 Å². The molecule has 0 bridgehead atoms. The minimum atomic E-state index is -4.64. The lowest BCUT2D eigenvalue weighted by Gasteiger charge is -2.35. The third-order valence-corrected chi connectivity index (χ3v) is 3.18. The fourth-order valence-electron chi connectivity index (χ4n) is 1.94. The van der Waals surface area contributed by atoms with Crippen molar-refractivity contribution in [2.45, 2.75) is 13.1 Å². The highest BCUT2D eigenvalue weighted by Gasteiger charge is 2.36. The highest BCUT2D eigenvalue weighted by Crippen LogP contribution is 2.29. The number of alkyl halides is 3. The Labute approximate surface area is 118 Å². The van der Waals surface area contributed by atoms with Crippen LogP contribution in [0.5, 0.6) is 0 Å². The van der Waals surface area contributed by atoms with Crippen molar-refractivity contribution in [3.63, 3.8) is 0 Å². The van der Waals surface area contributed by atoms with Crippen molar-refractivity contribution < 1.29 is 18.0 Å². The Hall–Kier alpha value is -1.57. The van der Waals surface area contributed by atoms with Gasteiger partial charge in [0.15, 0.2) is 0 Å². The number of rotatable bonds is 1. The van der Waals surface area contributed by atoms with Crippen molar-refractivity contribution in [3.8, 4) is 0 Å². The molecule has 2 heterocycles. The van der Waals surface area contributed by atoms with Crippen LogP contribution in [0.2, 0.25) is 5.15 Å². The zero-order chi connectivity index (χ0) is 14.9. The zero-order valence-electron chi connectivity index (χ0n) is 10.6. The van der Waals surface area contributed by atoms with E-state index in [2.05, 4.69) is 9.97 Å². The van der Waals surface area contributed by atoms with Crippen LogP contribution >= 0.6 is 11.6 Å². The molecule has 1 amide bonds. The van der Waals surface area contributed by atoms with Gasteiger partial charge in [0.1, 0.15) is 11.0 Å². The molecule has 0 unspecified atom stereocenters. The van der Waals surface area contributed by atoms with Crippen LogP contribution in [-0.2, 0) is 11.0 Å². The number of aromatic nitrogens is 2. The number of nitrogens with zero attached hydrogens (tertiary/aromatic N) is 4. The Morgan fingerprint density at radius 3 is 2.35 bits per heavy atom. The molecular formula is C11H12ClF3N4O. The SMILES string of the molecule is CC(=O)N1CCN(c2cc(Cl)nc(C(F)(F)F)n2)CC1. The fourth-order valence-corrected chi connectivity index (χ4v) is 2.12. The molecule has 5 nitrogen and oxygen atoms in total. The molecule has 1 aliphatic heterocycles. The molecular weight excluding hydrogens is 297 g/mol. The Bertz CT molecular complexity index is 515. The van der Waals surface area contributed by atoms with Gasteiger partial charge in [-0.1, -0.05) is 11.6 Å². The molecule has 1 aliphatic rings. The Kier molecular flexibility index (Phi) is 4.03. The highest BCUT2D eigenvalue weighted by molar-refractivity contribution is 6.29. The number of halogens is 4. The summed E-state index contributed by atoms with van der Waals surface area (Å²) >= 11 is 5.61. The third-order valence-electron chi connectivity index (χ3n) is 2.98. The van der Waals surface area contributed by atoms with E-state index in [1.807, 2.05) is 0 Å². The highest BCUT2D eigenvalue weighted by atomic mass is 35.5. The van der Waals surface area contributed by atoms with Crippen LogP contribution in [0.25, 0.3) is 0 Å². The molecule has 1 aromatic heterocycles. The topological polar surface area (TPSA) is 49.3 Å². The number of hydrogen-bond acceptors (Lipinski definition) is 4. The number of hydrogen-bond donors (Lipinski definition) is 0. The maximum Gasteiger partial charge on any atom is 0.451 e. The molecule has 0 radical (unpaired) electrons. The predicted octanol–water partition coefficient (Wildman–Crippen LogP) is 1.82. The first-order valence-electron chi connectivity index (χ1n) is 5.89. The van der Waals surface area contributed by atoms with E-state index in [9.17, 15) is 18.0 Å². The average Bonchev–Trinajstić information content (AvgIpc) is 2.37. The van der Waals surface area contributed by atoms with Gasteiger partial charge in [-0.25, -0.2) is 9.97 Å². The molecule has 1 fully saturated rings. The fraction of sp³-hybridized carbons (Fsp3) is 0.545. The maximum absolute atomic E-state index is 12.6. The van der Waals surface area contributed by atoms with Gasteiger partial charge in [0, 0.05) is 39.2 Å². The van der Waals surface area contributed by atoms with Crippen molar-refractivity contribution >= 4 is 23.3 Å². The van der Waals surface area contributed by atoms with Crippen molar-refractivity contribution in [3.05, 3.63) is 17.0 Å². The second-order valence-corrected chi connectivity index (χ2v) is 4.75. The smallest absolute Gasteiger partial charge is 0.353 e. The number of carbonyl (C=O) groups is 1. The standard InChI is InChI=1S/C11H12ClF3N4O/c1-7(20)18-2-4-19(5-3-18)9-6-8(12)16-10(17-9)11(13,14)15/h6H,2-5H2,1H3. The normalized spacial score (nSPS) is 16.4. The summed E-state index contributed by atoms with van der Waals surface area (Å²) in [6.07, 6.45) is -4.64. The van der Waals surface area contributed by atoms with Crippen molar-refractivity contribution in [1.29, 1.82) is 0 Å². The van der Waals surface area contributed by atoms with E-state index in [-0.39, 0.29) is 16.9 Å². The summed E-state index contributed by atoms with van der Waals surface area (Å²) < 4.78 is 37.9. The van der Waals surface area contributed by atoms with E-state index >= 15 is 0 Å². The van der Waals surface area contributed by atoms with Gasteiger partial charge in [0.05, 0.1) is 0 Å². The second-order valence-electron chi connectivity index (χ2n) is 4.36. The molecule has 110 valence electrons. The zero-order valence-corrected chi connectivity index (χ0v) is 11.4. The van der Waals surface area contributed by atoms with Gasteiger partial charge in [-0.15, -0.1) is 0 Å². The molecule has 0 saturated carbocycles. The second kappa shape index (κ2) is 5.43. The quantitative estimate of drug-likeness (QED) is 0.743. The largest absolute Gasteiger partial charge is 0.451 e. The Morgan fingerprint density at radius 1 is 1.25 bits per heavy atom. The van der Waals surface area contributed by atoms with Crippen LogP contribution in [0, 0.1) is 0 Å². The molecule has 0 spiro atoms. The summed E-state index contributed by atoms with van der Waals surface area (Å²) in [6, 6.07) is 1.29. The molecule has 0 atom stereocenters. The van der Waals surface area contributed by atoms with E-state index in [1.165, 1.54) is 13.0 Å². The van der Waals surface area contributed by atoms with E-state index in [0.29, 0.717) is 26.2 Å². The minimum absolute atomic E-state index is 0.0543. The average molecular weight is 309 g/mol. The van der Waals surface area contributed by atoms with Gasteiger partial charge in [-0.2, -0.15) is 13.2 Å². The van der Waals surface area contributed by atoms with Gasteiger partial charge in [-0.05, 0) is 0 Å². The summed E-state index contributed by atoms with van der Waals surface area (Å²) in [6.45, 7) is 3.16. The first-order valence-corrected chi connectivity index (χ1v) is 6.27. The Balaban J connectivity index is 2.18. The van der Waals surface area contributed by atoms with Gasteiger partial charge in [0.25, 0.3) is 0 Å². The van der Waals surface area contributed by atoms with Crippen LogP contribution in [-0.4, -0.2) is 47.0 Å². The third kappa shape index (κ3) is 3.30. The summed E-state index contributed by atoms with van der Waals surface area (Å²) in [5.74, 6) is -1.18.